The molecule has 3 fully saturated rings. The molecule has 210 valence electrons. The van der Waals surface area contributed by atoms with Gasteiger partial charge in [-0.1, -0.05) is 25.1 Å². The summed E-state index contributed by atoms with van der Waals surface area (Å²) in [5.41, 5.74) is -0.280. The Bertz CT molecular complexity index is 1070. The predicted octanol–water partition coefficient (Wildman–Crippen LogP) is 4.22. The first-order chi connectivity index (χ1) is 18.1. The molecule has 1 aliphatic carbocycles. The third kappa shape index (κ3) is 6.32. The Morgan fingerprint density at radius 3 is 2.58 bits per heavy atom. The SMILES string of the molecule is CC(C)c1noc(N2CCC(C3CC3CCOc3ccc(CC(O)N4CC(C(C)(C)O)C4)c(F)c3)CC2)n1. The van der Waals surface area contributed by atoms with Gasteiger partial charge in [-0.15, -0.1) is 0 Å². The molecule has 2 saturated heterocycles. The zero-order valence-corrected chi connectivity index (χ0v) is 23.1. The molecule has 0 bridgehead atoms. The smallest absolute Gasteiger partial charge is 0.324 e. The molecule has 5 rings (SSSR count). The first-order valence-corrected chi connectivity index (χ1v) is 14.2. The summed E-state index contributed by atoms with van der Waals surface area (Å²) in [5, 5.41) is 24.6. The Kier molecular flexibility index (Phi) is 7.99. The summed E-state index contributed by atoms with van der Waals surface area (Å²) < 4.78 is 26.0. The fourth-order valence-corrected chi connectivity index (χ4v) is 5.93. The van der Waals surface area contributed by atoms with Gasteiger partial charge in [0.1, 0.15) is 17.8 Å². The largest absolute Gasteiger partial charge is 0.493 e. The maximum Gasteiger partial charge on any atom is 0.324 e. The second-order valence-electron chi connectivity index (χ2n) is 12.5. The molecule has 1 aromatic heterocycles. The van der Waals surface area contributed by atoms with Crippen molar-refractivity contribution in [1.82, 2.24) is 15.0 Å². The van der Waals surface area contributed by atoms with Crippen LogP contribution in [0.25, 0.3) is 0 Å². The van der Waals surface area contributed by atoms with Gasteiger partial charge in [-0.3, -0.25) is 4.90 Å². The van der Waals surface area contributed by atoms with E-state index in [-0.39, 0.29) is 24.1 Å². The van der Waals surface area contributed by atoms with Gasteiger partial charge < -0.3 is 24.4 Å². The quantitative estimate of drug-likeness (QED) is 0.446. The molecule has 9 heteroatoms. The van der Waals surface area contributed by atoms with Crippen LogP contribution in [-0.4, -0.2) is 69.9 Å². The van der Waals surface area contributed by atoms with Crippen LogP contribution in [0.4, 0.5) is 10.4 Å². The summed E-state index contributed by atoms with van der Waals surface area (Å²) in [6.07, 6.45) is 4.01. The van der Waals surface area contributed by atoms with Crippen molar-refractivity contribution >= 4 is 6.01 Å². The average Bonchev–Trinajstić information content (AvgIpc) is 3.41. The number of aromatic nitrogens is 2. The number of benzene rings is 1. The van der Waals surface area contributed by atoms with E-state index in [2.05, 4.69) is 28.9 Å². The summed E-state index contributed by atoms with van der Waals surface area (Å²) in [5.74, 6) is 3.54. The topological polar surface area (TPSA) is 95.1 Å². The van der Waals surface area contributed by atoms with Gasteiger partial charge in [0.25, 0.3) is 0 Å². The lowest BCUT2D eigenvalue weighted by Crippen LogP contribution is -2.59. The normalized spacial score (nSPS) is 24.1. The lowest BCUT2D eigenvalue weighted by Gasteiger charge is -2.47. The summed E-state index contributed by atoms with van der Waals surface area (Å²) in [4.78, 5) is 8.62. The number of aliphatic hydroxyl groups excluding tert-OH is 1. The minimum absolute atomic E-state index is 0.131. The molecule has 2 aliphatic heterocycles. The zero-order chi connectivity index (χ0) is 27.0. The molecule has 0 radical (unpaired) electrons. The van der Waals surface area contributed by atoms with E-state index in [1.807, 2.05) is 4.90 Å². The number of nitrogens with zero attached hydrogens (tertiary/aromatic N) is 4. The first-order valence-electron chi connectivity index (χ1n) is 14.2. The molecule has 1 saturated carbocycles. The molecular weight excluding hydrogens is 487 g/mol. The van der Waals surface area contributed by atoms with Gasteiger partial charge in [-0.2, -0.15) is 4.98 Å². The highest BCUT2D eigenvalue weighted by atomic mass is 19.1. The van der Waals surface area contributed by atoms with Crippen molar-refractivity contribution in [2.45, 2.75) is 77.5 Å². The number of halogens is 1. The first kappa shape index (κ1) is 27.3. The standard InChI is InChI=1S/C29H43FN4O4/c1-18(2)27-31-28(38-32-27)33-10-7-19(8-11-33)24-13-20(24)9-12-37-23-6-5-21(25(30)15-23)14-26(35)34-16-22(17-34)29(3,4)36/h5-6,15,18-20,22,24,26,35-36H,7-14,16-17H2,1-4H3. The second kappa shape index (κ2) is 11.1. The molecule has 0 spiro atoms. The lowest BCUT2D eigenvalue weighted by atomic mass is 9.84. The van der Waals surface area contributed by atoms with E-state index in [0.29, 0.717) is 42.9 Å². The number of hydrogen-bond acceptors (Lipinski definition) is 8. The van der Waals surface area contributed by atoms with Crippen LogP contribution >= 0.6 is 0 Å². The third-order valence-electron chi connectivity index (χ3n) is 8.86. The Labute approximate surface area is 225 Å². The lowest BCUT2D eigenvalue weighted by molar-refractivity contribution is -0.123. The van der Waals surface area contributed by atoms with Gasteiger partial charge >= 0.3 is 6.01 Å². The van der Waals surface area contributed by atoms with Crippen molar-refractivity contribution in [3.8, 4) is 5.75 Å². The molecule has 2 aromatic rings. The number of rotatable bonds is 11. The third-order valence-corrected chi connectivity index (χ3v) is 8.86. The van der Waals surface area contributed by atoms with E-state index in [1.165, 1.54) is 12.5 Å². The highest BCUT2D eigenvalue weighted by molar-refractivity contribution is 5.29. The summed E-state index contributed by atoms with van der Waals surface area (Å²) in [6.45, 7) is 11.5. The maximum atomic E-state index is 14.7. The van der Waals surface area contributed by atoms with Gasteiger partial charge in [-0.05, 0) is 68.9 Å². The maximum absolute atomic E-state index is 14.7. The van der Waals surface area contributed by atoms with Crippen LogP contribution in [0.5, 0.6) is 5.75 Å². The van der Waals surface area contributed by atoms with Crippen LogP contribution in [0.15, 0.2) is 22.7 Å². The van der Waals surface area contributed by atoms with E-state index in [1.54, 1.807) is 26.0 Å². The number of aliphatic hydroxyl groups is 2. The van der Waals surface area contributed by atoms with Crippen molar-refractivity contribution in [2.24, 2.45) is 23.7 Å². The highest BCUT2D eigenvalue weighted by Gasteiger charge is 2.43. The Balaban J connectivity index is 1.00. The molecule has 1 aromatic carbocycles. The van der Waals surface area contributed by atoms with Crippen molar-refractivity contribution in [1.29, 1.82) is 0 Å². The van der Waals surface area contributed by atoms with Crippen LogP contribution in [0.2, 0.25) is 0 Å². The van der Waals surface area contributed by atoms with Gasteiger partial charge in [0.15, 0.2) is 5.82 Å². The van der Waals surface area contributed by atoms with Crippen LogP contribution in [0.1, 0.15) is 70.7 Å². The van der Waals surface area contributed by atoms with E-state index >= 15 is 0 Å². The van der Waals surface area contributed by atoms with Crippen LogP contribution in [0, 0.1) is 29.5 Å². The van der Waals surface area contributed by atoms with Gasteiger partial charge in [0.05, 0.1) is 12.2 Å². The van der Waals surface area contributed by atoms with Crippen LogP contribution in [0.3, 0.4) is 0 Å². The van der Waals surface area contributed by atoms with Crippen LogP contribution < -0.4 is 9.64 Å². The summed E-state index contributed by atoms with van der Waals surface area (Å²) in [7, 11) is 0. The number of likely N-dealkylation sites (tertiary alicyclic amines) is 1. The van der Waals surface area contributed by atoms with Crippen molar-refractivity contribution in [3.63, 3.8) is 0 Å². The molecule has 2 N–H and O–H groups in total. The number of piperidine rings is 1. The van der Waals surface area contributed by atoms with E-state index < -0.39 is 11.8 Å². The van der Waals surface area contributed by atoms with Crippen LogP contribution in [-0.2, 0) is 6.42 Å². The molecule has 3 atom stereocenters. The van der Waals surface area contributed by atoms with Crippen molar-refractivity contribution < 1.29 is 23.9 Å². The van der Waals surface area contributed by atoms with E-state index in [9.17, 15) is 14.6 Å². The van der Waals surface area contributed by atoms with E-state index in [0.717, 1.165) is 50.0 Å². The van der Waals surface area contributed by atoms with Gasteiger partial charge in [0.2, 0.25) is 0 Å². The number of hydrogen-bond donors (Lipinski definition) is 2. The summed E-state index contributed by atoms with van der Waals surface area (Å²) >= 11 is 0. The summed E-state index contributed by atoms with van der Waals surface area (Å²) in [6, 6.07) is 5.59. The van der Waals surface area contributed by atoms with Crippen molar-refractivity contribution in [2.75, 3.05) is 37.7 Å². The number of anilines is 1. The monoisotopic (exact) mass is 530 g/mol. The number of ether oxygens (including phenoxy) is 1. The molecule has 0 amide bonds. The molecule has 8 nitrogen and oxygen atoms in total. The Morgan fingerprint density at radius 1 is 1.21 bits per heavy atom. The molecule has 38 heavy (non-hydrogen) atoms. The average molecular weight is 531 g/mol. The van der Waals surface area contributed by atoms with E-state index in [4.69, 9.17) is 9.26 Å². The zero-order valence-electron chi connectivity index (χ0n) is 23.1. The van der Waals surface area contributed by atoms with Gasteiger partial charge in [-0.25, -0.2) is 4.39 Å². The molecule has 3 heterocycles. The molecule has 3 unspecified atom stereocenters. The van der Waals surface area contributed by atoms with Crippen molar-refractivity contribution in [3.05, 3.63) is 35.4 Å². The highest BCUT2D eigenvalue weighted by Crippen LogP contribution is 2.50. The second-order valence-corrected chi connectivity index (χ2v) is 12.5. The minimum Gasteiger partial charge on any atom is -0.493 e. The predicted molar refractivity (Wildman–Crippen MR) is 143 cm³/mol. The fraction of sp³-hybridized carbons (Fsp3) is 0.724. The fourth-order valence-electron chi connectivity index (χ4n) is 5.93. The van der Waals surface area contributed by atoms with Gasteiger partial charge in [0, 0.05) is 50.5 Å². The minimum atomic E-state index is -0.757. The molecular formula is C29H43FN4O4. The Morgan fingerprint density at radius 2 is 1.95 bits per heavy atom. The Hall–Kier alpha value is -2.23. The molecule has 3 aliphatic rings.